The first-order chi connectivity index (χ1) is 11.9. The second-order valence-corrected chi connectivity index (χ2v) is 9.37. The Morgan fingerprint density at radius 2 is 2.04 bits per heavy atom. The van der Waals surface area contributed by atoms with E-state index in [0.717, 1.165) is 28.9 Å². The zero-order valence-electron chi connectivity index (χ0n) is 15.0. The van der Waals surface area contributed by atoms with E-state index in [9.17, 15) is 0 Å². The van der Waals surface area contributed by atoms with Crippen molar-refractivity contribution in [2.75, 3.05) is 0 Å². The average molecular weight is 359 g/mol. The second-order valence-electron chi connectivity index (χ2n) is 8.81. The third-order valence-electron chi connectivity index (χ3n) is 7.24. The molecule has 0 N–H and O–H groups in total. The highest BCUT2D eigenvalue weighted by Crippen LogP contribution is 2.65. The summed E-state index contributed by atoms with van der Waals surface area (Å²) >= 11 is 6.75. The maximum atomic E-state index is 6.75. The molecule has 3 aliphatic carbocycles. The zero-order chi connectivity index (χ0) is 17.4. The van der Waals surface area contributed by atoms with Gasteiger partial charge in [0.15, 0.2) is 0 Å². The monoisotopic (exact) mass is 358 g/mol. The first kappa shape index (κ1) is 16.2. The molecule has 1 saturated heterocycles. The summed E-state index contributed by atoms with van der Waals surface area (Å²) in [6.07, 6.45) is 5.02. The number of halogens is 1. The Bertz CT molecular complexity index is 818. The molecule has 1 aromatic carbocycles. The lowest BCUT2D eigenvalue weighted by Gasteiger charge is -2.64. The van der Waals surface area contributed by atoms with Gasteiger partial charge in [0.1, 0.15) is 5.58 Å². The molecule has 1 unspecified atom stereocenters. The quantitative estimate of drug-likeness (QED) is 0.580. The molecular weight excluding hydrogens is 334 g/mol. The average Bonchev–Trinajstić information content (AvgIpc) is 3.15. The standard InChI is InChI=1S/C20H24BClO3/c1-19(2)13-9-16(19)20(3)17(10-13)24-21(25-20)18(22)8-12-11-23-15-7-5-4-6-14(12)15/h4-7,11,13,16-18H,8-10H2,1-3H3/t13-,16-,17+,18?,20-/m0/s1. The van der Waals surface area contributed by atoms with E-state index >= 15 is 0 Å². The molecule has 4 aliphatic rings. The molecule has 3 saturated carbocycles. The van der Waals surface area contributed by atoms with Gasteiger partial charge < -0.3 is 13.7 Å². The van der Waals surface area contributed by atoms with Crippen molar-refractivity contribution in [2.45, 2.75) is 57.0 Å². The fourth-order valence-electron chi connectivity index (χ4n) is 5.55. The van der Waals surface area contributed by atoms with Crippen molar-refractivity contribution in [1.29, 1.82) is 0 Å². The molecule has 1 aromatic heterocycles. The van der Waals surface area contributed by atoms with Crippen molar-refractivity contribution >= 4 is 29.7 Å². The molecule has 5 atom stereocenters. The number of fused-ring (bicyclic) bond motifs is 1. The SMILES string of the molecule is CC1(C)[C@@H]2C[C@H]3OB(C(Cl)Cc4coc5ccccc45)O[C@@]3(C)[C@H]1C2. The predicted molar refractivity (Wildman–Crippen MR) is 99.7 cm³/mol. The van der Waals surface area contributed by atoms with Crippen LogP contribution in [0.15, 0.2) is 34.9 Å². The molecule has 0 spiro atoms. The van der Waals surface area contributed by atoms with Crippen LogP contribution in [0.2, 0.25) is 0 Å². The van der Waals surface area contributed by atoms with Gasteiger partial charge in [-0.3, -0.25) is 0 Å². The highest BCUT2D eigenvalue weighted by atomic mass is 35.5. The number of hydrogen-bond acceptors (Lipinski definition) is 3. The first-order valence-electron chi connectivity index (χ1n) is 9.32. The van der Waals surface area contributed by atoms with Gasteiger partial charge >= 0.3 is 7.12 Å². The smallest absolute Gasteiger partial charge is 0.464 e. The van der Waals surface area contributed by atoms with Gasteiger partial charge in [0.2, 0.25) is 0 Å². The van der Waals surface area contributed by atoms with Crippen molar-refractivity contribution < 1.29 is 13.7 Å². The minimum atomic E-state index is -0.347. The van der Waals surface area contributed by atoms with Gasteiger partial charge in [-0.25, -0.2) is 0 Å². The Labute approximate surface area is 154 Å². The lowest BCUT2D eigenvalue weighted by molar-refractivity contribution is -0.199. The van der Waals surface area contributed by atoms with E-state index in [4.69, 9.17) is 25.3 Å². The van der Waals surface area contributed by atoms with Crippen LogP contribution in [0.25, 0.3) is 11.0 Å². The Balaban J connectivity index is 1.35. The lowest BCUT2D eigenvalue weighted by Crippen LogP contribution is -2.65. The van der Waals surface area contributed by atoms with Gasteiger partial charge in [0.25, 0.3) is 0 Å². The van der Waals surface area contributed by atoms with Crippen LogP contribution in [0, 0.1) is 17.3 Å². The summed E-state index contributed by atoms with van der Waals surface area (Å²) in [5.41, 5.74) is 2.17. The van der Waals surface area contributed by atoms with Crippen LogP contribution in [-0.4, -0.2) is 24.1 Å². The van der Waals surface area contributed by atoms with Crippen LogP contribution in [0.1, 0.15) is 39.2 Å². The van der Waals surface area contributed by atoms with Crippen LogP contribution in [0.5, 0.6) is 0 Å². The summed E-state index contributed by atoms with van der Waals surface area (Å²) in [7, 11) is -0.347. The van der Waals surface area contributed by atoms with Gasteiger partial charge in [0.05, 0.1) is 23.2 Å². The summed E-state index contributed by atoms with van der Waals surface area (Å²) in [4.78, 5) is 0. The highest BCUT2D eigenvalue weighted by Gasteiger charge is 2.68. The fraction of sp³-hybridized carbons (Fsp3) is 0.600. The number of para-hydroxylation sites is 1. The molecule has 0 radical (unpaired) electrons. The minimum Gasteiger partial charge on any atom is -0.464 e. The molecule has 5 heteroatoms. The number of furan rings is 1. The maximum absolute atomic E-state index is 6.75. The van der Waals surface area contributed by atoms with Crippen molar-refractivity contribution in [3.63, 3.8) is 0 Å². The maximum Gasteiger partial charge on any atom is 0.477 e. The van der Waals surface area contributed by atoms with E-state index in [1.807, 2.05) is 24.5 Å². The molecule has 4 fully saturated rings. The van der Waals surface area contributed by atoms with Crippen LogP contribution in [-0.2, 0) is 15.7 Å². The molecule has 2 heterocycles. The van der Waals surface area contributed by atoms with Crippen molar-refractivity contribution in [1.82, 2.24) is 0 Å². The van der Waals surface area contributed by atoms with E-state index in [2.05, 4.69) is 26.8 Å². The van der Waals surface area contributed by atoms with Crippen LogP contribution >= 0.6 is 11.6 Å². The lowest BCUT2D eigenvalue weighted by atomic mass is 9.43. The number of rotatable bonds is 3. The summed E-state index contributed by atoms with van der Waals surface area (Å²) in [6.45, 7) is 6.98. The normalized spacial score (nSPS) is 37.0. The summed E-state index contributed by atoms with van der Waals surface area (Å²) in [5.74, 6) is 1.32. The van der Waals surface area contributed by atoms with E-state index in [0.29, 0.717) is 17.8 Å². The second kappa shape index (κ2) is 5.28. The molecule has 1 aliphatic heterocycles. The van der Waals surface area contributed by atoms with Gasteiger partial charge in [0, 0.05) is 5.39 Å². The Morgan fingerprint density at radius 3 is 2.84 bits per heavy atom. The highest BCUT2D eigenvalue weighted by molar-refractivity contribution is 6.60. The molecule has 132 valence electrons. The molecule has 2 aromatic rings. The van der Waals surface area contributed by atoms with Gasteiger partial charge in [-0.2, -0.15) is 0 Å². The molecule has 6 rings (SSSR count). The Hall–Kier alpha value is -0.965. The van der Waals surface area contributed by atoms with Crippen LogP contribution in [0.3, 0.4) is 0 Å². The fourth-order valence-corrected chi connectivity index (χ4v) is 5.83. The minimum absolute atomic E-state index is 0.177. The Kier molecular flexibility index (Phi) is 3.43. The number of benzene rings is 1. The van der Waals surface area contributed by atoms with Crippen LogP contribution in [0.4, 0.5) is 0 Å². The van der Waals surface area contributed by atoms with Crippen LogP contribution < -0.4 is 0 Å². The summed E-state index contributed by atoms with van der Waals surface area (Å²) in [5, 5.41) is 0.905. The van der Waals surface area contributed by atoms with E-state index in [1.54, 1.807) is 0 Å². The largest absolute Gasteiger partial charge is 0.477 e. The third kappa shape index (κ3) is 2.20. The van der Waals surface area contributed by atoms with E-state index in [1.165, 1.54) is 6.42 Å². The predicted octanol–water partition coefficient (Wildman–Crippen LogP) is 4.85. The van der Waals surface area contributed by atoms with Crippen molar-refractivity contribution in [3.8, 4) is 0 Å². The topological polar surface area (TPSA) is 31.6 Å². The molecule has 2 bridgehead atoms. The third-order valence-corrected chi connectivity index (χ3v) is 7.60. The van der Waals surface area contributed by atoms with Gasteiger partial charge in [-0.15, -0.1) is 11.6 Å². The molecule has 0 amide bonds. The number of hydrogen-bond donors (Lipinski definition) is 0. The van der Waals surface area contributed by atoms with Gasteiger partial charge in [-0.1, -0.05) is 32.0 Å². The zero-order valence-corrected chi connectivity index (χ0v) is 15.8. The van der Waals surface area contributed by atoms with Crippen molar-refractivity contribution in [3.05, 3.63) is 36.1 Å². The molecular formula is C20H24BClO3. The Morgan fingerprint density at radius 1 is 1.24 bits per heavy atom. The van der Waals surface area contributed by atoms with Gasteiger partial charge in [-0.05, 0) is 55.1 Å². The first-order valence-corrected chi connectivity index (χ1v) is 9.75. The molecule has 3 nitrogen and oxygen atoms in total. The van der Waals surface area contributed by atoms with E-state index < -0.39 is 0 Å². The number of alkyl halides is 1. The van der Waals surface area contributed by atoms with E-state index in [-0.39, 0.29) is 24.1 Å². The summed E-state index contributed by atoms with van der Waals surface area (Å²) < 4.78 is 18.4. The van der Waals surface area contributed by atoms with Crippen molar-refractivity contribution in [2.24, 2.45) is 17.3 Å². The summed E-state index contributed by atoms with van der Waals surface area (Å²) in [6, 6.07) is 8.07. The molecule has 25 heavy (non-hydrogen) atoms.